The first-order chi connectivity index (χ1) is 14.6. The second kappa shape index (κ2) is 9.01. The summed E-state index contributed by atoms with van der Waals surface area (Å²) in [6.45, 7) is 7.16. The standard InChI is InChI=1S/C24H30N2O5/c1-23(2)12-18-13-24(3,15-23)16-26(18)21(27)14-31-22(28)8-6-17-5-7-19(30-10-9-25)20(11-17)29-4/h5-8,11,18H,10,12-16H2,1-4H3/b8-6+/t18-,24-/m0/s1. The van der Waals surface area contributed by atoms with Gasteiger partial charge in [0.2, 0.25) is 0 Å². The van der Waals surface area contributed by atoms with Gasteiger partial charge in [-0.25, -0.2) is 4.79 Å². The van der Waals surface area contributed by atoms with Crippen LogP contribution in [-0.4, -0.2) is 49.7 Å². The monoisotopic (exact) mass is 426 g/mol. The molecule has 7 nitrogen and oxygen atoms in total. The molecule has 2 bridgehead atoms. The quantitative estimate of drug-likeness (QED) is 0.489. The molecule has 0 spiro atoms. The van der Waals surface area contributed by atoms with Crippen LogP contribution in [0.5, 0.6) is 11.5 Å². The third kappa shape index (κ3) is 5.57. The normalized spacial score (nSPS) is 24.0. The molecule has 1 aromatic carbocycles. The Hall–Kier alpha value is -3.01. The summed E-state index contributed by atoms with van der Waals surface area (Å²) in [6.07, 6.45) is 5.97. The third-order valence-corrected chi connectivity index (χ3v) is 5.96. The molecule has 2 fully saturated rings. The molecule has 1 aromatic rings. The molecule has 2 aliphatic rings. The average molecular weight is 427 g/mol. The Balaban J connectivity index is 1.54. The van der Waals surface area contributed by atoms with Gasteiger partial charge in [-0.05, 0) is 53.9 Å². The SMILES string of the molecule is COc1cc(/C=C/C(=O)OCC(=O)N2C[C@@]3(C)C[C@@H]2CC(C)(C)C3)ccc1OCC#N. The van der Waals surface area contributed by atoms with E-state index in [4.69, 9.17) is 19.5 Å². The van der Waals surface area contributed by atoms with E-state index in [0.717, 1.165) is 25.8 Å². The first kappa shape index (κ1) is 22.7. The van der Waals surface area contributed by atoms with Crippen LogP contribution in [0.15, 0.2) is 24.3 Å². The molecule has 1 heterocycles. The zero-order valence-electron chi connectivity index (χ0n) is 18.6. The topological polar surface area (TPSA) is 88.9 Å². The minimum atomic E-state index is -0.578. The number of esters is 1. The van der Waals surface area contributed by atoms with Gasteiger partial charge in [0.05, 0.1) is 7.11 Å². The van der Waals surface area contributed by atoms with Gasteiger partial charge in [0, 0.05) is 18.7 Å². The van der Waals surface area contributed by atoms with Gasteiger partial charge < -0.3 is 19.1 Å². The summed E-state index contributed by atoms with van der Waals surface area (Å²) >= 11 is 0. The van der Waals surface area contributed by atoms with Crippen molar-refractivity contribution in [2.45, 2.75) is 46.1 Å². The van der Waals surface area contributed by atoms with E-state index in [2.05, 4.69) is 20.8 Å². The second-order valence-electron chi connectivity index (χ2n) is 9.53. The van der Waals surface area contributed by atoms with Crippen LogP contribution in [0, 0.1) is 22.2 Å². The molecule has 1 aliphatic carbocycles. The molecule has 31 heavy (non-hydrogen) atoms. The summed E-state index contributed by atoms with van der Waals surface area (Å²) in [6, 6.07) is 7.21. The Labute approximate surface area is 183 Å². The fourth-order valence-electron chi connectivity index (χ4n) is 5.20. The van der Waals surface area contributed by atoms with E-state index >= 15 is 0 Å². The van der Waals surface area contributed by atoms with Gasteiger partial charge in [0.25, 0.3) is 5.91 Å². The van der Waals surface area contributed by atoms with E-state index < -0.39 is 5.97 Å². The highest BCUT2D eigenvalue weighted by Gasteiger charge is 2.50. The number of nitriles is 1. The van der Waals surface area contributed by atoms with E-state index in [1.165, 1.54) is 13.2 Å². The molecular weight excluding hydrogens is 396 g/mol. The maximum absolute atomic E-state index is 12.7. The largest absolute Gasteiger partial charge is 0.493 e. The van der Waals surface area contributed by atoms with Crippen molar-refractivity contribution in [3.63, 3.8) is 0 Å². The summed E-state index contributed by atoms with van der Waals surface area (Å²) in [5.74, 6) is 0.194. The maximum Gasteiger partial charge on any atom is 0.331 e. The number of nitrogens with zero attached hydrogens (tertiary/aromatic N) is 2. The molecule has 3 rings (SSSR count). The van der Waals surface area contributed by atoms with E-state index in [-0.39, 0.29) is 36.0 Å². The van der Waals surface area contributed by atoms with Crippen LogP contribution in [0.1, 0.15) is 45.6 Å². The van der Waals surface area contributed by atoms with E-state index in [1.54, 1.807) is 24.3 Å². The van der Waals surface area contributed by atoms with Gasteiger partial charge >= 0.3 is 5.97 Å². The number of carbonyl (C=O) groups is 2. The number of ether oxygens (including phenoxy) is 3. The zero-order valence-corrected chi connectivity index (χ0v) is 18.6. The van der Waals surface area contributed by atoms with Crippen LogP contribution < -0.4 is 9.47 Å². The number of carbonyl (C=O) groups excluding carboxylic acids is 2. The van der Waals surface area contributed by atoms with E-state index in [1.807, 2.05) is 11.0 Å². The molecule has 166 valence electrons. The Morgan fingerprint density at radius 2 is 2.03 bits per heavy atom. The van der Waals surface area contributed by atoms with Gasteiger partial charge in [0.1, 0.15) is 6.07 Å². The maximum atomic E-state index is 12.7. The van der Waals surface area contributed by atoms with Crippen LogP contribution in [-0.2, 0) is 14.3 Å². The highest BCUT2D eigenvalue weighted by Crippen LogP contribution is 2.52. The van der Waals surface area contributed by atoms with Crippen molar-refractivity contribution in [1.29, 1.82) is 5.26 Å². The number of likely N-dealkylation sites (tertiary alicyclic amines) is 1. The van der Waals surface area contributed by atoms with Crippen molar-refractivity contribution < 1.29 is 23.8 Å². The van der Waals surface area contributed by atoms with Crippen molar-refractivity contribution in [1.82, 2.24) is 4.90 Å². The Bertz CT molecular complexity index is 917. The van der Waals surface area contributed by atoms with Crippen LogP contribution in [0.4, 0.5) is 0 Å². The fraction of sp³-hybridized carbons (Fsp3) is 0.542. The van der Waals surface area contributed by atoms with E-state index in [0.29, 0.717) is 17.1 Å². The number of hydrogen-bond acceptors (Lipinski definition) is 6. The van der Waals surface area contributed by atoms with Gasteiger partial charge in [-0.3, -0.25) is 4.79 Å². The Morgan fingerprint density at radius 3 is 2.74 bits per heavy atom. The molecule has 0 radical (unpaired) electrons. The lowest BCUT2D eigenvalue weighted by molar-refractivity contribution is -0.148. The number of rotatable bonds is 7. The Morgan fingerprint density at radius 1 is 1.26 bits per heavy atom. The lowest BCUT2D eigenvalue weighted by Gasteiger charge is -2.39. The summed E-state index contributed by atoms with van der Waals surface area (Å²) in [4.78, 5) is 26.7. The van der Waals surface area contributed by atoms with Crippen LogP contribution in [0.25, 0.3) is 6.08 Å². The average Bonchev–Trinajstić information content (AvgIpc) is 2.97. The summed E-state index contributed by atoms with van der Waals surface area (Å²) in [5, 5.41) is 8.62. The van der Waals surface area contributed by atoms with Crippen molar-refractivity contribution in [3.05, 3.63) is 29.8 Å². The number of fused-ring (bicyclic) bond motifs is 2. The molecule has 0 aromatic heterocycles. The molecule has 0 N–H and O–H groups in total. The minimum absolute atomic E-state index is 0.0829. The van der Waals surface area contributed by atoms with Gasteiger partial charge in [-0.15, -0.1) is 0 Å². The second-order valence-corrected chi connectivity index (χ2v) is 9.53. The molecule has 1 saturated carbocycles. The number of methoxy groups -OCH3 is 1. The van der Waals surface area contributed by atoms with Crippen LogP contribution in [0.3, 0.4) is 0 Å². The summed E-state index contributed by atoms with van der Waals surface area (Å²) < 4.78 is 15.7. The number of hydrogen-bond donors (Lipinski definition) is 0. The lowest BCUT2D eigenvalue weighted by atomic mass is 9.65. The molecular formula is C24H30N2O5. The molecule has 1 saturated heterocycles. The molecule has 1 aliphatic heterocycles. The van der Waals surface area contributed by atoms with Gasteiger partial charge in [-0.1, -0.05) is 26.8 Å². The lowest BCUT2D eigenvalue weighted by Crippen LogP contribution is -2.39. The smallest absolute Gasteiger partial charge is 0.331 e. The molecule has 2 atom stereocenters. The number of amides is 1. The third-order valence-electron chi connectivity index (χ3n) is 5.96. The van der Waals surface area contributed by atoms with Crippen LogP contribution in [0.2, 0.25) is 0 Å². The molecule has 1 amide bonds. The van der Waals surface area contributed by atoms with Gasteiger partial charge in [-0.2, -0.15) is 5.26 Å². The van der Waals surface area contributed by atoms with Crippen molar-refractivity contribution in [2.24, 2.45) is 10.8 Å². The predicted molar refractivity (Wildman–Crippen MR) is 115 cm³/mol. The zero-order chi connectivity index (χ0) is 22.6. The Kier molecular flexibility index (Phi) is 6.59. The van der Waals surface area contributed by atoms with E-state index in [9.17, 15) is 9.59 Å². The fourth-order valence-corrected chi connectivity index (χ4v) is 5.20. The van der Waals surface area contributed by atoms with Crippen molar-refractivity contribution in [3.8, 4) is 17.6 Å². The summed E-state index contributed by atoms with van der Waals surface area (Å²) in [7, 11) is 1.50. The van der Waals surface area contributed by atoms with Gasteiger partial charge in [0.15, 0.2) is 24.7 Å². The van der Waals surface area contributed by atoms with Crippen molar-refractivity contribution >= 4 is 18.0 Å². The first-order valence-corrected chi connectivity index (χ1v) is 10.5. The first-order valence-electron chi connectivity index (χ1n) is 10.5. The number of benzene rings is 1. The minimum Gasteiger partial charge on any atom is -0.493 e. The predicted octanol–water partition coefficient (Wildman–Crippen LogP) is 3.58. The van der Waals surface area contributed by atoms with Crippen LogP contribution >= 0.6 is 0 Å². The summed E-state index contributed by atoms with van der Waals surface area (Å²) in [5.41, 5.74) is 1.07. The molecule has 7 heteroatoms. The highest BCUT2D eigenvalue weighted by atomic mass is 16.5. The van der Waals surface area contributed by atoms with Crippen molar-refractivity contribution in [2.75, 3.05) is 26.9 Å². The highest BCUT2D eigenvalue weighted by molar-refractivity contribution is 5.89. The molecule has 0 unspecified atom stereocenters.